The summed E-state index contributed by atoms with van der Waals surface area (Å²) in [6.45, 7) is 4.07. The van der Waals surface area contributed by atoms with Crippen molar-refractivity contribution in [3.63, 3.8) is 0 Å². The van der Waals surface area contributed by atoms with Crippen LogP contribution in [-0.4, -0.2) is 53.3 Å². The van der Waals surface area contributed by atoms with E-state index in [0.29, 0.717) is 22.7 Å². The Labute approximate surface area is 319 Å². The van der Waals surface area contributed by atoms with E-state index in [2.05, 4.69) is 10.6 Å². The summed E-state index contributed by atoms with van der Waals surface area (Å²) in [4.78, 5) is 48.5. The Hall–Kier alpha value is -5.83. The van der Waals surface area contributed by atoms with E-state index in [1.54, 1.807) is 48.9 Å². The molecule has 2 aromatic carbocycles. The third-order valence-electron chi connectivity index (χ3n) is 5.35. The number of carbonyl (C=O) groups is 2. The largest absolute Gasteiger partial charge is 3.00 e. The maximum Gasteiger partial charge on any atom is 3.00 e. The van der Waals surface area contributed by atoms with Crippen LogP contribution in [0.3, 0.4) is 0 Å². The summed E-state index contributed by atoms with van der Waals surface area (Å²) in [5, 5.41) is 57.4. The van der Waals surface area contributed by atoms with Gasteiger partial charge in [0.25, 0.3) is 0 Å². The maximum atomic E-state index is 11.9. The van der Waals surface area contributed by atoms with Gasteiger partial charge in [0.05, 0.1) is 29.5 Å². The van der Waals surface area contributed by atoms with Crippen LogP contribution in [0, 0.1) is 95.4 Å². The molecular formula is C31H34LaN5O14. The molecule has 4 rings (SSSR count). The number of nitrogens with zero attached hydrogens (tertiary/aromatic N) is 3. The monoisotopic (exact) mass is 839 g/mol. The van der Waals surface area contributed by atoms with Gasteiger partial charge in [-0.2, -0.15) is 0 Å². The minimum Gasteiger partial charge on any atom is -0.493 e. The van der Waals surface area contributed by atoms with E-state index in [9.17, 15) is 9.59 Å². The number of methoxy groups -OCH3 is 2. The average Bonchev–Trinajstić information content (AvgIpc) is 3.06. The molecule has 2 aliphatic rings. The molecular weight excluding hydrogens is 805 g/mol. The van der Waals surface area contributed by atoms with Crippen LogP contribution in [0.4, 0.5) is 11.4 Å². The Morgan fingerprint density at radius 2 is 0.843 bits per heavy atom. The van der Waals surface area contributed by atoms with Crippen LogP contribution in [0.25, 0.3) is 0 Å². The van der Waals surface area contributed by atoms with Crippen molar-refractivity contribution in [2.75, 3.05) is 32.0 Å². The first-order valence-corrected chi connectivity index (χ1v) is 13.5. The maximum absolute atomic E-state index is 11.9. The fourth-order valence-corrected chi connectivity index (χ4v) is 3.24. The number of allylic oxidation sites excluding steroid dienone is 8. The number of ether oxygens (including phenoxy) is 2. The van der Waals surface area contributed by atoms with Crippen molar-refractivity contribution in [3.8, 4) is 0 Å². The Balaban J connectivity index is -0.000000654. The number of ketones is 2. The fraction of sp³-hybridized carbons (Fsp3) is 0.161. The van der Waals surface area contributed by atoms with Crippen molar-refractivity contribution >= 4 is 22.9 Å². The predicted molar refractivity (Wildman–Crippen MR) is 183 cm³/mol. The Morgan fingerprint density at radius 3 is 1.08 bits per heavy atom. The van der Waals surface area contributed by atoms with Crippen molar-refractivity contribution in [1.29, 1.82) is 0 Å². The Bertz CT molecular complexity index is 1460. The van der Waals surface area contributed by atoms with Gasteiger partial charge in [0.15, 0.2) is 11.5 Å². The van der Waals surface area contributed by atoms with Gasteiger partial charge in [-0.25, -0.2) is 0 Å². The van der Waals surface area contributed by atoms with E-state index >= 15 is 0 Å². The van der Waals surface area contributed by atoms with Crippen LogP contribution in [0.1, 0.15) is 11.1 Å². The fourth-order valence-electron chi connectivity index (χ4n) is 3.24. The summed E-state index contributed by atoms with van der Waals surface area (Å²) >= 11 is 0. The van der Waals surface area contributed by atoms with Crippen molar-refractivity contribution in [3.05, 3.63) is 177 Å². The average molecular weight is 840 g/mol. The number of hydrogen-bond acceptors (Lipinski definition) is 16. The minimum atomic E-state index is -1.75. The molecule has 0 radical (unpaired) electrons. The zero-order valence-electron chi connectivity index (χ0n) is 27.9. The standard InChI is InChI=1S/2C15H15NO2.CH4O.La.3NO3/c2*1-11-6-8-13(9-7-11)16-10-12-4-3-5-14(18-2)15(12)17;1-2;;3*2-1(3)4/h2*3-10,16H,1-2H3;2H,1H3;;;;/q;;;+3;3*-1/b2*12-10-;;;;;. The van der Waals surface area contributed by atoms with E-state index in [-0.39, 0.29) is 47.2 Å². The predicted octanol–water partition coefficient (Wildman–Crippen LogP) is 4.81. The zero-order chi connectivity index (χ0) is 38.6. The van der Waals surface area contributed by atoms with Crippen molar-refractivity contribution < 1.29 is 75.0 Å². The molecule has 2 aromatic rings. The zero-order valence-corrected chi connectivity index (χ0v) is 31.5. The van der Waals surface area contributed by atoms with Gasteiger partial charge in [-0.1, -0.05) is 47.5 Å². The number of carbonyl (C=O) groups excluding carboxylic acids is 2. The summed E-state index contributed by atoms with van der Waals surface area (Å²) in [5.41, 5.74) is 5.45. The molecule has 0 saturated heterocycles. The van der Waals surface area contributed by atoms with Crippen molar-refractivity contribution in [1.82, 2.24) is 0 Å². The molecule has 3 N–H and O–H groups in total. The number of benzene rings is 2. The molecule has 2 aliphatic carbocycles. The van der Waals surface area contributed by atoms with Gasteiger partial charge >= 0.3 is 35.6 Å². The molecule has 0 heterocycles. The Kier molecular flexibility index (Phi) is 28.3. The number of aliphatic hydroxyl groups is 1. The second kappa shape index (κ2) is 29.1. The van der Waals surface area contributed by atoms with Crippen LogP contribution in [0.2, 0.25) is 0 Å². The molecule has 0 spiro atoms. The summed E-state index contributed by atoms with van der Waals surface area (Å²) in [5.74, 6) is 0.489. The molecule has 0 fully saturated rings. The number of Topliss-reactive ketones (excluding diaryl/α,β-unsaturated/α-hetero) is 2. The number of anilines is 2. The van der Waals surface area contributed by atoms with Crippen molar-refractivity contribution in [2.45, 2.75) is 13.8 Å². The molecule has 0 bridgehead atoms. The van der Waals surface area contributed by atoms with Gasteiger partial charge in [-0.15, -0.1) is 0 Å². The SMILES string of the molecule is CO.COC1=CC=C/C(=C/Nc2ccc(C)cc2)C1=O.COC1=CC=C/C(=C/Nc2ccc(C)cc2)C1=O.O=[N+]([O-])[O-].O=[N+]([O-])[O-].O=[N+]([O-])[O-].[La+3]. The molecule has 0 unspecified atom stereocenters. The molecule has 0 atom stereocenters. The first-order chi connectivity index (χ1) is 23.6. The van der Waals surface area contributed by atoms with Gasteiger partial charge in [0.2, 0.25) is 11.6 Å². The minimum absolute atomic E-state index is 0. The second-order valence-corrected chi connectivity index (χ2v) is 8.74. The summed E-state index contributed by atoms with van der Waals surface area (Å²) in [6.07, 6.45) is 13.8. The van der Waals surface area contributed by atoms with Crippen LogP contribution >= 0.6 is 0 Å². The van der Waals surface area contributed by atoms with E-state index < -0.39 is 15.3 Å². The summed E-state index contributed by atoms with van der Waals surface area (Å²) in [7, 11) is 3.99. The first kappa shape index (κ1) is 49.6. The van der Waals surface area contributed by atoms with E-state index in [4.69, 9.17) is 60.5 Å². The summed E-state index contributed by atoms with van der Waals surface area (Å²) in [6, 6.07) is 15.9. The van der Waals surface area contributed by atoms with Crippen molar-refractivity contribution in [2.24, 2.45) is 0 Å². The second-order valence-electron chi connectivity index (χ2n) is 8.74. The molecule has 270 valence electrons. The molecule has 0 aliphatic heterocycles. The van der Waals surface area contributed by atoms with Crippen LogP contribution < -0.4 is 10.6 Å². The number of rotatable bonds is 6. The molecule has 51 heavy (non-hydrogen) atoms. The molecule has 19 nitrogen and oxygen atoms in total. The van der Waals surface area contributed by atoms with E-state index in [1.807, 2.05) is 62.4 Å². The number of aliphatic hydroxyl groups excluding tert-OH is 1. The molecule has 0 aromatic heterocycles. The molecule has 20 heteroatoms. The summed E-state index contributed by atoms with van der Waals surface area (Å²) < 4.78 is 9.99. The van der Waals surface area contributed by atoms with Crippen LogP contribution in [-0.2, 0) is 19.1 Å². The van der Waals surface area contributed by atoms with E-state index in [0.717, 1.165) is 18.5 Å². The van der Waals surface area contributed by atoms with Crippen LogP contribution in [0.15, 0.2) is 120 Å². The van der Waals surface area contributed by atoms with Gasteiger partial charge < -0.3 is 71.2 Å². The van der Waals surface area contributed by atoms with Crippen LogP contribution in [0.5, 0.6) is 0 Å². The number of nitrogens with one attached hydrogen (secondary N) is 2. The molecule has 0 amide bonds. The Morgan fingerprint density at radius 1 is 0.588 bits per heavy atom. The smallest absolute Gasteiger partial charge is 0.493 e. The number of aryl methyl sites for hydroxylation is 2. The van der Waals surface area contributed by atoms with Gasteiger partial charge in [-0.3, -0.25) is 9.59 Å². The van der Waals surface area contributed by atoms with E-state index in [1.165, 1.54) is 25.3 Å². The number of hydrogen-bond donors (Lipinski definition) is 3. The third-order valence-corrected chi connectivity index (χ3v) is 5.35. The molecule has 0 saturated carbocycles. The quantitative estimate of drug-likeness (QED) is 0.200. The van der Waals surface area contributed by atoms with Gasteiger partial charge in [-0.05, 0) is 62.4 Å². The van der Waals surface area contributed by atoms with Gasteiger partial charge in [0, 0.05) is 42.0 Å². The first-order valence-electron chi connectivity index (χ1n) is 13.5. The topological polar surface area (TPSA) is 295 Å². The third kappa shape index (κ3) is 24.9. The normalized spacial score (nSPS) is 13.3. The van der Waals surface area contributed by atoms with Gasteiger partial charge in [0.1, 0.15) is 0 Å².